The van der Waals surface area contributed by atoms with Crippen LogP contribution in [0.15, 0.2) is 42.9 Å². The van der Waals surface area contributed by atoms with Gasteiger partial charge in [0.1, 0.15) is 11.4 Å². The summed E-state index contributed by atoms with van der Waals surface area (Å²) in [4.78, 5) is 19.4. The maximum absolute atomic E-state index is 11.7. The summed E-state index contributed by atoms with van der Waals surface area (Å²) in [6.07, 6.45) is 3.51. The first-order chi connectivity index (χ1) is 9.70. The molecule has 0 aliphatic carbocycles. The maximum atomic E-state index is 11.7. The number of aromatic nitrogens is 2. The molecule has 0 saturated heterocycles. The van der Waals surface area contributed by atoms with E-state index < -0.39 is 6.10 Å². The molecular formula is C14H15N3O3. The standard InChI is InChI=1S/C14H15N3O3/c1-20-11-4-2-10(3-5-11)13(18)9-17-14(19)12-8-15-6-7-16-12/h2-8,13,18H,9H2,1H3,(H,17,19). The van der Waals surface area contributed by atoms with Crippen molar-refractivity contribution < 1.29 is 14.6 Å². The van der Waals surface area contributed by atoms with E-state index in [9.17, 15) is 9.90 Å². The third-order valence-corrected chi connectivity index (χ3v) is 2.75. The van der Waals surface area contributed by atoms with Crippen molar-refractivity contribution in [3.05, 3.63) is 54.1 Å². The van der Waals surface area contributed by atoms with Gasteiger partial charge in [0, 0.05) is 18.9 Å². The molecule has 0 aliphatic heterocycles. The average Bonchev–Trinajstić information content (AvgIpc) is 2.53. The van der Waals surface area contributed by atoms with E-state index in [1.165, 1.54) is 18.6 Å². The van der Waals surface area contributed by atoms with E-state index in [2.05, 4.69) is 15.3 Å². The number of carbonyl (C=O) groups excluding carboxylic acids is 1. The smallest absolute Gasteiger partial charge is 0.271 e. The molecule has 2 N–H and O–H groups in total. The Hall–Kier alpha value is -2.47. The molecule has 2 rings (SSSR count). The van der Waals surface area contributed by atoms with Gasteiger partial charge in [-0.15, -0.1) is 0 Å². The van der Waals surface area contributed by atoms with Crippen LogP contribution < -0.4 is 10.1 Å². The Labute approximate surface area is 116 Å². The Kier molecular flexibility index (Phi) is 4.62. The number of methoxy groups -OCH3 is 1. The van der Waals surface area contributed by atoms with Crippen molar-refractivity contribution in [1.82, 2.24) is 15.3 Å². The van der Waals surface area contributed by atoms with Gasteiger partial charge in [-0.3, -0.25) is 9.78 Å². The van der Waals surface area contributed by atoms with Crippen molar-refractivity contribution in [3.8, 4) is 5.75 Å². The van der Waals surface area contributed by atoms with E-state index in [4.69, 9.17) is 4.74 Å². The number of amides is 1. The van der Waals surface area contributed by atoms with E-state index in [1.807, 2.05) is 0 Å². The summed E-state index contributed by atoms with van der Waals surface area (Å²) in [6, 6.07) is 7.00. The van der Waals surface area contributed by atoms with Crippen molar-refractivity contribution in [3.63, 3.8) is 0 Å². The van der Waals surface area contributed by atoms with E-state index in [1.54, 1.807) is 31.4 Å². The molecule has 1 heterocycles. The predicted octanol–water partition coefficient (Wildman–Crippen LogP) is 0.949. The highest BCUT2D eigenvalue weighted by Gasteiger charge is 2.11. The molecule has 0 radical (unpaired) electrons. The van der Waals surface area contributed by atoms with Crippen molar-refractivity contribution in [1.29, 1.82) is 0 Å². The van der Waals surface area contributed by atoms with E-state index in [0.29, 0.717) is 11.3 Å². The molecule has 2 aromatic rings. The topological polar surface area (TPSA) is 84.3 Å². The summed E-state index contributed by atoms with van der Waals surface area (Å²) in [5.74, 6) is 0.343. The number of aliphatic hydroxyl groups is 1. The van der Waals surface area contributed by atoms with Crippen LogP contribution in [0.5, 0.6) is 5.75 Å². The Morgan fingerprint density at radius 3 is 2.70 bits per heavy atom. The Balaban J connectivity index is 1.91. The van der Waals surface area contributed by atoms with E-state index >= 15 is 0 Å². The van der Waals surface area contributed by atoms with E-state index in [0.717, 1.165) is 0 Å². The molecule has 20 heavy (non-hydrogen) atoms. The SMILES string of the molecule is COc1ccc(C(O)CNC(=O)c2cnccn2)cc1. The van der Waals surface area contributed by atoms with Crippen molar-refractivity contribution >= 4 is 5.91 Å². The Morgan fingerprint density at radius 1 is 1.35 bits per heavy atom. The third kappa shape index (κ3) is 3.52. The number of carbonyl (C=O) groups is 1. The van der Waals surface area contributed by atoms with Gasteiger partial charge >= 0.3 is 0 Å². The molecule has 1 aromatic heterocycles. The monoisotopic (exact) mass is 273 g/mol. The zero-order valence-electron chi connectivity index (χ0n) is 11.0. The number of nitrogens with one attached hydrogen (secondary N) is 1. The van der Waals surface area contributed by atoms with Crippen LogP contribution in [-0.2, 0) is 0 Å². The van der Waals surface area contributed by atoms with Gasteiger partial charge < -0.3 is 15.2 Å². The zero-order chi connectivity index (χ0) is 14.4. The van der Waals surface area contributed by atoms with Crippen LogP contribution in [-0.4, -0.2) is 34.6 Å². The van der Waals surface area contributed by atoms with Gasteiger partial charge in [-0.05, 0) is 17.7 Å². The zero-order valence-corrected chi connectivity index (χ0v) is 11.0. The second-order valence-electron chi connectivity index (χ2n) is 4.09. The van der Waals surface area contributed by atoms with Crippen LogP contribution >= 0.6 is 0 Å². The normalized spacial score (nSPS) is 11.7. The first kappa shape index (κ1) is 14.0. The first-order valence-corrected chi connectivity index (χ1v) is 6.07. The summed E-state index contributed by atoms with van der Waals surface area (Å²) in [5.41, 5.74) is 0.916. The molecule has 1 aromatic carbocycles. The molecule has 0 bridgehead atoms. The molecule has 6 nitrogen and oxygen atoms in total. The van der Waals surface area contributed by atoms with Gasteiger partial charge in [0.2, 0.25) is 0 Å². The summed E-state index contributed by atoms with van der Waals surface area (Å²) in [5, 5.41) is 12.6. The summed E-state index contributed by atoms with van der Waals surface area (Å²) >= 11 is 0. The number of nitrogens with zero attached hydrogens (tertiary/aromatic N) is 2. The number of benzene rings is 1. The molecule has 0 fully saturated rings. The molecule has 1 amide bonds. The van der Waals surface area contributed by atoms with Crippen LogP contribution in [0.2, 0.25) is 0 Å². The number of ether oxygens (including phenoxy) is 1. The first-order valence-electron chi connectivity index (χ1n) is 6.07. The fourth-order valence-electron chi connectivity index (χ4n) is 1.64. The van der Waals surface area contributed by atoms with E-state index in [-0.39, 0.29) is 18.1 Å². The van der Waals surface area contributed by atoms with Gasteiger partial charge in [-0.1, -0.05) is 12.1 Å². The van der Waals surface area contributed by atoms with Crippen LogP contribution in [0.1, 0.15) is 22.2 Å². The number of rotatable bonds is 5. The fourth-order valence-corrected chi connectivity index (χ4v) is 1.64. The molecule has 104 valence electrons. The average molecular weight is 273 g/mol. The molecule has 6 heteroatoms. The van der Waals surface area contributed by atoms with Crippen molar-refractivity contribution in [2.75, 3.05) is 13.7 Å². The summed E-state index contributed by atoms with van der Waals surface area (Å²) in [7, 11) is 1.58. The summed E-state index contributed by atoms with van der Waals surface area (Å²) < 4.78 is 5.04. The minimum Gasteiger partial charge on any atom is -0.497 e. The molecule has 0 spiro atoms. The lowest BCUT2D eigenvalue weighted by Crippen LogP contribution is -2.29. The summed E-state index contributed by atoms with van der Waals surface area (Å²) in [6.45, 7) is 0.0989. The largest absolute Gasteiger partial charge is 0.497 e. The lowest BCUT2D eigenvalue weighted by molar-refractivity contribution is 0.0911. The molecular weight excluding hydrogens is 258 g/mol. The Morgan fingerprint density at radius 2 is 2.10 bits per heavy atom. The second kappa shape index (κ2) is 6.63. The maximum Gasteiger partial charge on any atom is 0.271 e. The minimum atomic E-state index is -0.790. The van der Waals surface area contributed by atoms with Crippen molar-refractivity contribution in [2.45, 2.75) is 6.10 Å². The van der Waals surface area contributed by atoms with Crippen LogP contribution in [0.4, 0.5) is 0 Å². The highest BCUT2D eigenvalue weighted by atomic mass is 16.5. The van der Waals surface area contributed by atoms with Gasteiger partial charge in [-0.2, -0.15) is 0 Å². The quantitative estimate of drug-likeness (QED) is 0.847. The van der Waals surface area contributed by atoms with Crippen LogP contribution in [0.25, 0.3) is 0 Å². The third-order valence-electron chi connectivity index (χ3n) is 2.75. The van der Waals surface area contributed by atoms with Crippen molar-refractivity contribution in [2.24, 2.45) is 0 Å². The van der Waals surface area contributed by atoms with Gasteiger partial charge in [0.05, 0.1) is 19.4 Å². The number of aliphatic hydroxyl groups excluding tert-OH is 1. The van der Waals surface area contributed by atoms with Gasteiger partial charge in [0.25, 0.3) is 5.91 Å². The molecule has 0 aliphatic rings. The lowest BCUT2D eigenvalue weighted by Gasteiger charge is -2.12. The highest BCUT2D eigenvalue weighted by Crippen LogP contribution is 2.16. The Bertz CT molecular complexity index is 558. The number of hydrogen-bond donors (Lipinski definition) is 2. The highest BCUT2D eigenvalue weighted by molar-refractivity contribution is 5.91. The second-order valence-corrected chi connectivity index (χ2v) is 4.09. The van der Waals surface area contributed by atoms with Gasteiger partial charge in [-0.25, -0.2) is 4.98 Å². The lowest BCUT2D eigenvalue weighted by atomic mass is 10.1. The molecule has 1 unspecified atom stereocenters. The predicted molar refractivity (Wildman–Crippen MR) is 72.3 cm³/mol. The van der Waals surface area contributed by atoms with Crippen LogP contribution in [0.3, 0.4) is 0 Å². The van der Waals surface area contributed by atoms with Gasteiger partial charge in [0.15, 0.2) is 0 Å². The number of hydrogen-bond acceptors (Lipinski definition) is 5. The minimum absolute atomic E-state index is 0.0989. The fraction of sp³-hybridized carbons (Fsp3) is 0.214. The molecule has 1 atom stereocenters. The molecule has 0 saturated carbocycles. The van der Waals surface area contributed by atoms with Crippen LogP contribution in [0, 0.1) is 0 Å².